The van der Waals surface area contributed by atoms with Crippen molar-refractivity contribution in [3.8, 4) is 5.75 Å². The van der Waals surface area contributed by atoms with E-state index in [4.69, 9.17) is 4.74 Å². The fraction of sp³-hybridized carbons (Fsp3) is 0.667. The summed E-state index contributed by atoms with van der Waals surface area (Å²) in [7, 11) is 0. The first-order valence-electron chi connectivity index (χ1n) is 8.36. The maximum Gasteiger partial charge on any atom is 0.122 e. The smallest absolute Gasteiger partial charge is 0.122 e. The second-order valence-electron chi connectivity index (χ2n) is 6.42. The Balaban J connectivity index is 1.90. The van der Waals surface area contributed by atoms with Gasteiger partial charge in [0.05, 0.1) is 6.61 Å². The summed E-state index contributed by atoms with van der Waals surface area (Å²) in [5, 5.41) is 3.45. The molecular weight excluding hydrogens is 260 g/mol. The molecule has 21 heavy (non-hydrogen) atoms. The molecule has 1 heterocycles. The van der Waals surface area contributed by atoms with Crippen LogP contribution in [0.4, 0.5) is 5.69 Å². The Hall–Kier alpha value is -1.22. The maximum atomic E-state index is 5.92. The Morgan fingerprint density at radius 2 is 2.10 bits per heavy atom. The summed E-state index contributed by atoms with van der Waals surface area (Å²) in [6.45, 7) is 11.9. The normalized spacial score (nSPS) is 16.1. The molecule has 3 heteroatoms. The molecule has 0 atom stereocenters. The van der Waals surface area contributed by atoms with Gasteiger partial charge in [-0.25, -0.2) is 0 Å². The van der Waals surface area contributed by atoms with Crippen LogP contribution in [0.5, 0.6) is 5.75 Å². The monoisotopic (exact) mass is 290 g/mol. The molecule has 1 aliphatic rings. The van der Waals surface area contributed by atoms with Gasteiger partial charge >= 0.3 is 0 Å². The molecule has 0 aliphatic carbocycles. The van der Waals surface area contributed by atoms with E-state index in [0.29, 0.717) is 0 Å². The van der Waals surface area contributed by atoms with Gasteiger partial charge in [-0.15, -0.1) is 0 Å². The van der Waals surface area contributed by atoms with E-state index in [1.165, 1.54) is 24.1 Å². The van der Waals surface area contributed by atoms with Crippen molar-refractivity contribution in [3.63, 3.8) is 0 Å². The van der Waals surface area contributed by atoms with Gasteiger partial charge in [0.2, 0.25) is 0 Å². The molecule has 0 saturated carbocycles. The molecule has 118 valence electrons. The zero-order valence-corrected chi connectivity index (χ0v) is 13.8. The third-order valence-corrected chi connectivity index (χ3v) is 4.05. The van der Waals surface area contributed by atoms with Crippen LogP contribution in [-0.4, -0.2) is 32.8 Å². The lowest BCUT2D eigenvalue weighted by molar-refractivity contribution is 0.296. The summed E-state index contributed by atoms with van der Waals surface area (Å²) in [5.41, 5.74) is 2.57. The largest absolute Gasteiger partial charge is 0.493 e. The first-order valence-corrected chi connectivity index (χ1v) is 8.36. The molecule has 1 N–H and O–H groups in total. The molecule has 1 aromatic carbocycles. The topological polar surface area (TPSA) is 24.5 Å². The Morgan fingerprint density at radius 1 is 1.24 bits per heavy atom. The van der Waals surface area contributed by atoms with Crippen molar-refractivity contribution in [1.29, 1.82) is 0 Å². The van der Waals surface area contributed by atoms with Gasteiger partial charge in [-0.05, 0) is 62.4 Å². The van der Waals surface area contributed by atoms with Crippen molar-refractivity contribution in [2.45, 2.75) is 40.0 Å². The quantitative estimate of drug-likeness (QED) is 0.810. The average molecular weight is 290 g/mol. The summed E-state index contributed by atoms with van der Waals surface area (Å²) >= 11 is 0. The molecule has 1 fully saturated rings. The molecule has 0 radical (unpaired) electrons. The van der Waals surface area contributed by atoms with Crippen LogP contribution in [0.15, 0.2) is 18.2 Å². The number of hydrogen-bond donors (Lipinski definition) is 1. The number of benzene rings is 1. The average Bonchev–Trinajstić information content (AvgIpc) is 2.73. The Kier molecular flexibility index (Phi) is 6.37. The predicted molar refractivity (Wildman–Crippen MR) is 90.4 cm³/mol. The number of nitrogens with one attached hydrogen (secondary N) is 1. The summed E-state index contributed by atoms with van der Waals surface area (Å²) < 4.78 is 5.92. The second kappa shape index (κ2) is 8.28. The van der Waals surface area contributed by atoms with Crippen molar-refractivity contribution < 1.29 is 4.74 Å². The highest BCUT2D eigenvalue weighted by Crippen LogP contribution is 2.25. The molecule has 0 aromatic heterocycles. The minimum Gasteiger partial charge on any atom is -0.493 e. The fourth-order valence-electron chi connectivity index (χ4n) is 2.77. The van der Waals surface area contributed by atoms with E-state index in [-0.39, 0.29) is 0 Å². The Bertz CT molecular complexity index is 423. The number of ether oxygens (including phenoxy) is 1. The van der Waals surface area contributed by atoms with Gasteiger partial charge in [-0.2, -0.15) is 0 Å². The van der Waals surface area contributed by atoms with Crippen LogP contribution in [0.3, 0.4) is 0 Å². The van der Waals surface area contributed by atoms with Gasteiger partial charge in [-0.1, -0.05) is 13.8 Å². The zero-order chi connectivity index (χ0) is 15.1. The van der Waals surface area contributed by atoms with Crippen molar-refractivity contribution >= 4 is 5.69 Å². The lowest BCUT2D eigenvalue weighted by Gasteiger charge is -2.23. The van der Waals surface area contributed by atoms with Gasteiger partial charge in [0, 0.05) is 25.3 Å². The van der Waals surface area contributed by atoms with E-state index in [0.717, 1.165) is 50.9 Å². The van der Waals surface area contributed by atoms with Crippen LogP contribution in [0, 0.1) is 12.8 Å². The van der Waals surface area contributed by atoms with Gasteiger partial charge in [0.15, 0.2) is 0 Å². The lowest BCUT2D eigenvalue weighted by atomic mass is 10.1. The number of aryl methyl sites for hydroxylation is 1. The summed E-state index contributed by atoms with van der Waals surface area (Å²) in [5.74, 6) is 1.80. The van der Waals surface area contributed by atoms with E-state index in [1.54, 1.807) is 0 Å². The molecule has 2 rings (SSSR count). The van der Waals surface area contributed by atoms with Crippen molar-refractivity contribution in [2.24, 2.45) is 5.92 Å². The highest BCUT2D eigenvalue weighted by atomic mass is 16.5. The van der Waals surface area contributed by atoms with E-state index in [9.17, 15) is 0 Å². The highest BCUT2D eigenvalue weighted by molar-refractivity contribution is 5.53. The molecule has 1 aliphatic heterocycles. The molecule has 0 unspecified atom stereocenters. The zero-order valence-electron chi connectivity index (χ0n) is 13.8. The summed E-state index contributed by atoms with van der Waals surface area (Å²) in [4.78, 5) is 2.47. The molecule has 1 aromatic rings. The lowest BCUT2D eigenvalue weighted by Crippen LogP contribution is -2.27. The molecule has 1 saturated heterocycles. The number of rotatable bonds is 6. The first kappa shape index (κ1) is 16.2. The number of anilines is 1. The first-order chi connectivity index (χ1) is 10.2. The van der Waals surface area contributed by atoms with Crippen LogP contribution in [0.25, 0.3) is 0 Å². The van der Waals surface area contributed by atoms with Crippen LogP contribution in [-0.2, 0) is 0 Å². The Labute approximate surface area is 129 Å². The van der Waals surface area contributed by atoms with Crippen LogP contribution >= 0.6 is 0 Å². The third-order valence-electron chi connectivity index (χ3n) is 4.05. The molecule has 3 nitrogen and oxygen atoms in total. The van der Waals surface area contributed by atoms with Crippen LogP contribution in [0.1, 0.15) is 38.7 Å². The van der Waals surface area contributed by atoms with Crippen LogP contribution in [0.2, 0.25) is 0 Å². The molecule has 0 amide bonds. The Morgan fingerprint density at radius 3 is 2.86 bits per heavy atom. The van der Waals surface area contributed by atoms with Gasteiger partial charge < -0.3 is 15.0 Å². The van der Waals surface area contributed by atoms with E-state index in [2.05, 4.69) is 49.2 Å². The van der Waals surface area contributed by atoms with E-state index >= 15 is 0 Å². The summed E-state index contributed by atoms with van der Waals surface area (Å²) in [6, 6.07) is 6.61. The van der Waals surface area contributed by atoms with E-state index < -0.39 is 0 Å². The predicted octanol–water partition coefficient (Wildman–Crippen LogP) is 3.61. The van der Waals surface area contributed by atoms with Gasteiger partial charge in [0.25, 0.3) is 0 Å². The van der Waals surface area contributed by atoms with E-state index in [1.807, 2.05) is 0 Å². The van der Waals surface area contributed by atoms with Gasteiger partial charge in [0.1, 0.15) is 5.75 Å². The fourth-order valence-corrected chi connectivity index (χ4v) is 2.77. The SMILES string of the molecule is Cc1cc(N2CCCNCC2)ccc1OCCCC(C)C. The third kappa shape index (κ3) is 5.24. The van der Waals surface area contributed by atoms with Crippen molar-refractivity contribution in [2.75, 3.05) is 37.7 Å². The molecule has 0 spiro atoms. The minimum atomic E-state index is 0.758. The van der Waals surface area contributed by atoms with Crippen LogP contribution < -0.4 is 15.0 Å². The molecule has 0 bridgehead atoms. The highest BCUT2D eigenvalue weighted by Gasteiger charge is 2.11. The standard InChI is InChI=1S/C18H30N2O/c1-15(2)6-4-13-21-18-8-7-17(14-16(18)3)20-11-5-9-19-10-12-20/h7-8,14-15,19H,4-6,9-13H2,1-3H3. The van der Waals surface area contributed by atoms with Crippen molar-refractivity contribution in [1.82, 2.24) is 5.32 Å². The van der Waals surface area contributed by atoms with Gasteiger partial charge in [-0.3, -0.25) is 0 Å². The molecular formula is C18H30N2O. The second-order valence-corrected chi connectivity index (χ2v) is 6.42. The maximum absolute atomic E-state index is 5.92. The summed E-state index contributed by atoms with van der Waals surface area (Å²) in [6.07, 6.45) is 3.58. The minimum absolute atomic E-state index is 0.758. The number of hydrogen-bond acceptors (Lipinski definition) is 3. The number of nitrogens with zero attached hydrogens (tertiary/aromatic N) is 1. The van der Waals surface area contributed by atoms with Crippen molar-refractivity contribution in [3.05, 3.63) is 23.8 Å².